The molecule has 3 aliphatic rings. The fourth-order valence-corrected chi connectivity index (χ4v) is 5.78. The summed E-state index contributed by atoms with van der Waals surface area (Å²) in [4.78, 5) is 0. The van der Waals surface area contributed by atoms with Gasteiger partial charge in [0.25, 0.3) is 0 Å². The quantitative estimate of drug-likeness (QED) is 0.664. The Morgan fingerprint density at radius 1 is 1.00 bits per heavy atom. The number of rotatable bonds is 0. The molecule has 3 saturated carbocycles. The van der Waals surface area contributed by atoms with Crippen LogP contribution in [0, 0.1) is 28.1 Å². The van der Waals surface area contributed by atoms with Crippen LogP contribution in [0.4, 0.5) is 0 Å². The molecule has 2 bridgehead atoms. The first-order chi connectivity index (χ1) is 7.31. The molecule has 0 heterocycles. The Kier molecular flexibility index (Phi) is 1.98. The van der Waals surface area contributed by atoms with E-state index in [1.807, 2.05) is 0 Å². The van der Waals surface area contributed by atoms with Gasteiger partial charge in [-0.25, -0.2) is 0 Å². The third kappa shape index (κ3) is 1.02. The van der Waals surface area contributed by atoms with Crippen LogP contribution in [0.5, 0.6) is 0 Å². The summed E-state index contributed by atoms with van der Waals surface area (Å²) in [6.45, 7) is 9.73. The molecule has 16 heavy (non-hydrogen) atoms. The van der Waals surface area contributed by atoms with E-state index in [0.717, 1.165) is 12.3 Å². The van der Waals surface area contributed by atoms with Crippen LogP contribution >= 0.6 is 0 Å². The van der Waals surface area contributed by atoms with Crippen molar-refractivity contribution >= 4 is 0 Å². The lowest BCUT2D eigenvalue weighted by Crippen LogP contribution is -2.54. The Hall–Kier alpha value is -0.0400. The third-order valence-electron chi connectivity index (χ3n) is 6.80. The van der Waals surface area contributed by atoms with Crippen molar-refractivity contribution in [3.8, 4) is 0 Å². The molecular weight excluding hydrogens is 196 g/mol. The van der Waals surface area contributed by atoms with E-state index in [1.165, 1.54) is 25.7 Å². The predicted octanol–water partition coefficient (Wildman–Crippen LogP) is 3.61. The SMILES string of the molecule is CC1(C)C2C(O)CCC(C)(C)[C@]23CC[C@@H]1C3. The van der Waals surface area contributed by atoms with E-state index in [0.29, 0.717) is 22.2 Å². The molecular formula is C15H26O. The summed E-state index contributed by atoms with van der Waals surface area (Å²) in [5.74, 6) is 1.42. The van der Waals surface area contributed by atoms with Crippen molar-refractivity contribution in [3.05, 3.63) is 0 Å². The molecule has 1 spiro atoms. The molecule has 0 saturated heterocycles. The highest BCUT2D eigenvalue weighted by molar-refractivity contribution is 5.18. The lowest BCUT2D eigenvalue weighted by molar-refractivity contribution is -0.133. The smallest absolute Gasteiger partial charge is 0.0579 e. The average molecular weight is 222 g/mol. The second-order valence-electron chi connectivity index (χ2n) is 7.88. The zero-order valence-electron chi connectivity index (χ0n) is 11.2. The normalized spacial score (nSPS) is 52.7. The second-order valence-corrected chi connectivity index (χ2v) is 7.88. The van der Waals surface area contributed by atoms with E-state index in [2.05, 4.69) is 27.7 Å². The van der Waals surface area contributed by atoms with E-state index in [-0.39, 0.29) is 6.10 Å². The fraction of sp³-hybridized carbons (Fsp3) is 1.00. The van der Waals surface area contributed by atoms with E-state index in [1.54, 1.807) is 0 Å². The fourth-order valence-electron chi connectivity index (χ4n) is 5.78. The van der Waals surface area contributed by atoms with Gasteiger partial charge < -0.3 is 5.11 Å². The van der Waals surface area contributed by atoms with Gasteiger partial charge in [-0.1, -0.05) is 27.7 Å². The van der Waals surface area contributed by atoms with Crippen LogP contribution in [-0.2, 0) is 0 Å². The zero-order valence-corrected chi connectivity index (χ0v) is 11.2. The maximum absolute atomic E-state index is 10.5. The highest BCUT2D eigenvalue weighted by atomic mass is 16.3. The minimum atomic E-state index is -0.0340. The topological polar surface area (TPSA) is 20.2 Å². The number of hydrogen-bond acceptors (Lipinski definition) is 1. The summed E-state index contributed by atoms with van der Waals surface area (Å²) in [5.41, 5.74) is 1.27. The van der Waals surface area contributed by atoms with E-state index in [4.69, 9.17) is 0 Å². The Labute approximate surface area is 99.6 Å². The molecule has 2 unspecified atom stereocenters. The Morgan fingerprint density at radius 2 is 1.69 bits per heavy atom. The van der Waals surface area contributed by atoms with Gasteiger partial charge >= 0.3 is 0 Å². The number of hydrogen-bond donors (Lipinski definition) is 1. The molecule has 1 nitrogen and oxygen atoms in total. The molecule has 0 aromatic carbocycles. The summed E-state index contributed by atoms with van der Waals surface area (Å²) in [5, 5.41) is 10.5. The largest absolute Gasteiger partial charge is 0.393 e. The van der Waals surface area contributed by atoms with Gasteiger partial charge in [-0.05, 0) is 60.2 Å². The second kappa shape index (κ2) is 2.85. The molecule has 1 N–H and O–H groups in total. The van der Waals surface area contributed by atoms with Crippen molar-refractivity contribution in [1.82, 2.24) is 0 Å². The minimum absolute atomic E-state index is 0.0340. The van der Waals surface area contributed by atoms with Crippen molar-refractivity contribution in [3.63, 3.8) is 0 Å². The van der Waals surface area contributed by atoms with E-state index >= 15 is 0 Å². The lowest BCUT2D eigenvalue weighted by Gasteiger charge is -2.57. The highest BCUT2D eigenvalue weighted by Gasteiger charge is 2.69. The van der Waals surface area contributed by atoms with Crippen LogP contribution < -0.4 is 0 Å². The molecule has 0 aromatic heterocycles. The number of aliphatic hydroxyl groups excluding tert-OH is 1. The molecule has 0 aliphatic heterocycles. The first-order valence-corrected chi connectivity index (χ1v) is 6.99. The monoisotopic (exact) mass is 222 g/mol. The standard InChI is InChI=1S/C15H26O/c1-13(2)7-6-11(16)12-14(3,4)10-5-8-15(12,13)9-10/h10-12,16H,5-9H2,1-4H3/t10-,11?,12?,15+/m1/s1. The van der Waals surface area contributed by atoms with Gasteiger partial charge in [0.1, 0.15) is 0 Å². The lowest BCUT2D eigenvalue weighted by atomic mass is 9.48. The third-order valence-corrected chi connectivity index (χ3v) is 6.80. The number of aliphatic hydroxyl groups is 1. The first-order valence-electron chi connectivity index (χ1n) is 6.99. The van der Waals surface area contributed by atoms with Gasteiger partial charge in [-0.15, -0.1) is 0 Å². The van der Waals surface area contributed by atoms with Gasteiger partial charge in [-0.2, -0.15) is 0 Å². The molecule has 92 valence electrons. The van der Waals surface area contributed by atoms with Crippen molar-refractivity contribution in [1.29, 1.82) is 0 Å². The Bertz CT molecular complexity index is 315. The van der Waals surface area contributed by atoms with Crippen molar-refractivity contribution in [2.75, 3.05) is 0 Å². The summed E-state index contributed by atoms with van der Waals surface area (Å²) >= 11 is 0. The Balaban J connectivity index is 2.10. The summed E-state index contributed by atoms with van der Waals surface area (Å²) in [7, 11) is 0. The van der Waals surface area contributed by atoms with Crippen LogP contribution in [0.2, 0.25) is 0 Å². The summed E-state index contributed by atoms with van der Waals surface area (Å²) in [6.07, 6.45) is 6.36. The maximum atomic E-state index is 10.5. The van der Waals surface area contributed by atoms with Crippen LogP contribution in [-0.4, -0.2) is 11.2 Å². The van der Waals surface area contributed by atoms with Crippen molar-refractivity contribution < 1.29 is 5.11 Å². The summed E-state index contributed by atoms with van der Waals surface area (Å²) < 4.78 is 0. The molecule has 0 amide bonds. The van der Waals surface area contributed by atoms with Crippen LogP contribution in [0.25, 0.3) is 0 Å². The first kappa shape index (κ1) is 11.1. The van der Waals surface area contributed by atoms with E-state index in [9.17, 15) is 5.11 Å². The highest BCUT2D eigenvalue weighted by Crippen LogP contribution is 2.75. The molecule has 0 aromatic rings. The summed E-state index contributed by atoms with van der Waals surface area (Å²) in [6, 6.07) is 0. The Morgan fingerprint density at radius 3 is 2.31 bits per heavy atom. The molecule has 1 heteroatoms. The molecule has 4 atom stereocenters. The van der Waals surface area contributed by atoms with Gasteiger partial charge in [0, 0.05) is 0 Å². The van der Waals surface area contributed by atoms with Gasteiger partial charge in [-0.3, -0.25) is 0 Å². The van der Waals surface area contributed by atoms with Crippen molar-refractivity contribution in [2.24, 2.45) is 28.1 Å². The van der Waals surface area contributed by atoms with Crippen LogP contribution in [0.15, 0.2) is 0 Å². The average Bonchev–Trinajstić information content (AvgIpc) is 2.67. The molecule has 3 rings (SSSR count). The van der Waals surface area contributed by atoms with E-state index < -0.39 is 0 Å². The minimum Gasteiger partial charge on any atom is -0.393 e. The van der Waals surface area contributed by atoms with Crippen LogP contribution in [0.1, 0.15) is 59.8 Å². The van der Waals surface area contributed by atoms with Gasteiger partial charge in [0.15, 0.2) is 0 Å². The number of fused-ring (bicyclic) bond motifs is 1. The zero-order chi connectivity index (χ0) is 11.8. The molecule has 0 radical (unpaired) electrons. The van der Waals surface area contributed by atoms with Crippen molar-refractivity contribution in [2.45, 2.75) is 65.9 Å². The molecule has 3 aliphatic carbocycles. The van der Waals surface area contributed by atoms with Gasteiger partial charge in [0.05, 0.1) is 6.10 Å². The van der Waals surface area contributed by atoms with Crippen LogP contribution in [0.3, 0.4) is 0 Å². The van der Waals surface area contributed by atoms with Gasteiger partial charge in [0.2, 0.25) is 0 Å². The molecule has 3 fully saturated rings. The maximum Gasteiger partial charge on any atom is 0.0579 e. The predicted molar refractivity (Wildman–Crippen MR) is 66.1 cm³/mol.